The van der Waals surface area contributed by atoms with E-state index < -0.39 is 0 Å². The molecule has 0 amide bonds. The molecule has 0 radical (unpaired) electrons. The second kappa shape index (κ2) is 8.48. The third-order valence-corrected chi connectivity index (χ3v) is 4.40. The van der Waals surface area contributed by atoms with Gasteiger partial charge in [0.05, 0.1) is 17.1 Å². The molecular weight excluding hydrogens is 335 g/mol. The van der Waals surface area contributed by atoms with Crippen LogP contribution in [-0.2, 0) is 12.2 Å². The zero-order chi connectivity index (χ0) is 17.5. The number of halogens is 1. The minimum Gasteiger partial charge on any atom is -0.261 e. The summed E-state index contributed by atoms with van der Waals surface area (Å²) in [5.74, 6) is 0.532. The van der Waals surface area contributed by atoms with Gasteiger partial charge in [0.15, 0.2) is 0 Å². The summed E-state index contributed by atoms with van der Waals surface area (Å²) in [4.78, 5) is 8.89. The lowest BCUT2D eigenvalue weighted by Crippen LogP contribution is -2.03. The van der Waals surface area contributed by atoms with Gasteiger partial charge in [-0.05, 0) is 36.8 Å². The summed E-state index contributed by atoms with van der Waals surface area (Å²) in [6.07, 6.45) is 2.31. The molecule has 0 N–H and O–H groups in total. The van der Waals surface area contributed by atoms with Gasteiger partial charge in [0.2, 0.25) is 5.16 Å². The number of aromatic nitrogens is 3. The highest BCUT2D eigenvalue weighted by Gasteiger charge is 2.06. The van der Waals surface area contributed by atoms with Crippen molar-refractivity contribution >= 4 is 23.7 Å². The van der Waals surface area contributed by atoms with E-state index in [2.05, 4.69) is 32.3 Å². The average molecular weight is 352 g/mol. The molecule has 0 unspecified atom stereocenters. The molecule has 0 spiro atoms. The second-order valence-corrected chi connectivity index (χ2v) is 6.34. The Hall–Kier alpha value is -2.60. The molecule has 0 saturated carbocycles. The van der Waals surface area contributed by atoms with Crippen LogP contribution in [0.15, 0.2) is 64.7 Å². The maximum atomic E-state index is 12.9. The van der Waals surface area contributed by atoms with E-state index in [0.29, 0.717) is 17.3 Å². The summed E-state index contributed by atoms with van der Waals surface area (Å²) in [7, 11) is 0. The van der Waals surface area contributed by atoms with Crippen LogP contribution in [0.3, 0.4) is 0 Å². The number of hydrogen-bond donors (Lipinski definition) is 0. The van der Waals surface area contributed by atoms with Crippen LogP contribution >= 0.6 is 11.8 Å². The monoisotopic (exact) mass is 352 g/mol. The predicted molar refractivity (Wildman–Crippen MR) is 98.8 cm³/mol. The summed E-state index contributed by atoms with van der Waals surface area (Å²) in [6.45, 7) is 1.88. The molecule has 0 aliphatic heterocycles. The van der Waals surface area contributed by atoms with Gasteiger partial charge in [0.25, 0.3) is 0 Å². The predicted octanol–water partition coefficient (Wildman–Crippen LogP) is 4.56. The van der Waals surface area contributed by atoms with Gasteiger partial charge in [-0.3, -0.25) is 4.99 Å². The number of benzene rings is 2. The smallest absolute Gasteiger partial charge is 0.209 e. The first-order valence-electron chi connectivity index (χ1n) is 7.86. The van der Waals surface area contributed by atoms with Crippen LogP contribution in [0.4, 0.5) is 10.1 Å². The van der Waals surface area contributed by atoms with Crippen molar-refractivity contribution in [2.75, 3.05) is 0 Å². The molecule has 126 valence electrons. The van der Waals surface area contributed by atoms with Crippen LogP contribution in [0.1, 0.15) is 17.0 Å². The molecule has 0 aliphatic carbocycles. The minimum absolute atomic E-state index is 0.269. The highest BCUT2D eigenvalue weighted by atomic mass is 32.2. The van der Waals surface area contributed by atoms with Crippen LogP contribution < -0.4 is 0 Å². The fourth-order valence-electron chi connectivity index (χ4n) is 2.14. The fraction of sp³-hybridized carbons (Fsp3) is 0.158. The maximum absolute atomic E-state index is 12.9. The lowest BCUT2D eigenvalue weighted by atomic mass is 10.2. The molecule has 0 saturated heterocycles. The van der Waals surface area contributed by atoms with Gasteiger partial charge in [-0.15, -0.1) is 5.10 Å². The van der Waals surface area contributed by atoms with Crippen molar-refractivity contribution in [3.8, 4) is 0 Å². The molecule has 4 nitrogen and oxygen atoms in total. The van der Waals surface area contributed by atoms with Gasteiger partial charge in [-0.1, -0.05) is 42.1 Å². The van der Waals surface area contributed by atoms with Crippen LogP contribution in [0.5, 0.6) is 0 Å². The Morgan fingerprint density at radius 2 is 1.80 bits per heavy atom. The third kappa shape index (κ3) is 5.19. The number of nitrogens with zero attached hydrogens (tertiary/aromatic N) is 4. The summed E-state index contributed by atoms with van der Waals surface area (Å²) >= 11 is 1.56. The van der Waals surface area contributed by atoms with Gasteiger partial charge in [0.1, 0.15) is 5.82 Å². The van der Waals surface area contributed by atoms with E-state index in [1.165, 1.54) is 17.7 Å². The van der Waals surface area contributed by atoms with Crippen molar-refractivity contribution < 1.29 is 4.39 Å². The Labute approximate surface area is 150 Å². The molecule has 3 rings (SSSR count). The van der Waals surface area contributed by atoms with Crippen LogP contribution in [-0.4, -0.2) is 21.4 Å². The highest BCUT2D eigenvalue weighted by Crippen LogP contribution is 2.19. The summed E-state index contributed by atoms with van der Waals surface area (Å²) < 4.78 is 12.9. The van der Waals surface area contributed by atoms with Gasteiger partial charge in [0, 0.05) is 18.4 Å². The number of thioether (sulfide) groups is 1. The van der Waals surface area contributed by atoms with Crippen molar-refractivity contribution in [1.82, 2.24) is 15.2 Å². The lowest BCUT2D eigenvalue weighted by molar-refractivity contribution is 0.628. The molecule has 6 heteroatoms. The number of rotatable bonds is 6. The Balaban J connectivity index is 1.63. The first-order chi connectivity index (χ1) is 12.2. The second-order valence-electron chi connectivity index (χ2n) is 5.39. The van der Waals surface area contributed by atoms with E-state index in [0.717, 1.165) is 17.1 Å². The van der Waals surface area contributed by atoms with Crippen LogP contribution in [0.25, 0.3) is 0 Å². The van der Waals surface area contributed by atoms with E-state index in [1.807, 2.05) is 25.1 Å². The molecule has 0 fully saturated rings. The Morgan fingerprint density at radius 1 is 1.04 bits per heavy atom. The largest absolute Gasteiger partial charge is 0.261 e. The molecule has 2 aromatic carbocycles. The third-order valence-electron chi connectivity index (χ3n) is 3.50. The first-order valence-corrected chi connectivity index (χ1v) is 8.84. The number of aliphatic imine (C=N–C) groups is 1. The van der Waals surface area contributed by atoms with Crippen LogP contribution in [0, 0.1) is 12.7 Å². The SMILES string of the molecule is Cc1nnc(SCc2ccccc2)nc1CC=Nc1ccc(F)cc1. The number of hydrogen-bond acceptors (Lipinski definition) is 5. The molecule has 0 aliphatic rings. The normalized spacial score (nSPS) is 11.1. The van der Waals surface area contributed by atoms with Gasteiger partial charge >= 0.3 is 0 Å². The number of aryl methyl sites for hydroxylation is 1. The maximum Gasteiger partial charge on any atom is 0.209 e. The van der Waals surface area contributed by atoms with Gasteiger partial charge in [-0.2, -0.15) is 5.10 Å². The van der Waals surface area contributed by atoms with E-state index in [4.69, 9.17) is 0 Å². The summed E-state index contributed by atoms with van der Waals surface area (Å²) in [6, 6.07) is 16.2. The van der Waals surface area contributed by atoms with Gasteiger partial charge in [-0.25, -0.2) is 9.37 Å². The van der Waals surface area contributed by atoms with E-state index >= 15 is 0 Å². The molecular formula is C19H17FN4S. The van der Waals surface area contributed by atoms with Crippen molar-refractivity contribution in [1.29, 1.82) is 0 Å². The van der Waals surface area contributed by atoms with E-state index in [-0.39, 0.29) is 5.82 Å². The Kier molecular flexibility index (Phi) is 5.85. The fourth-order valence-corrected chi connectivity index (χ4v) is 2.90. The van der Waals surface area contributed by atoms with Crippen molar-refractivity contribution in [2.24, 2.45) is 4.99 Å². The molecule has 0 bridgehead atoms. The molecule has 25 heavy (non-hydrogen) atoms. The molecule has 0 atom stereocenters. The van der Waals surface area contributed by atoms with Crippen molar-refractivity contribution in [3.05, 3.63) is 77.4 Å². The summed E-state index contributed by atoms with van der Waals surface area (Å²) in [5, 5.41) is 8.98. The first kappa shape index (κ1) is 17.2. The molecule has 1 heterocycles. The lowest BCUT2D eigenvalue weighted by Gasteiger charge is -2.04. The summed E-state index contributed by atoms with van der Waals surface area (Å²) in [5.41, 5.74) is 3.56. The molecule has 3 aromatic rings. The van der Waals surface area contributed by atoms with E-state index in [9.17, 15) is 4.39 Å². The topological polar surface area (TPSA) is 51.0 Å². The quantitative estimate of drug-likeness (QED) is 0.482. The zero-order valence-electron chi connectivity index (χ0n) is 13.8. The standard InChI is InChI=1S/C19H17FN4S/c1-14-18(11-12-21-17-9-7-16(20)8-10-17)22-19(24-23-14)25-13-15-5-3-2-4-6-15/h2-10,12H,11,13H2,1H3. The Bertz CT molecular complexity index is 851. The average Bonchev–Trinajstić information content (AvgIpc) is 2.64. The van der Waals surface area contributed by atoms with Crippen molar-refractivity contribution in [2.45, 2.75) is 24.3 Å². The zero-order valence-corrected chi connectivity index (χ0v) is 14.6. The highest BCUT2D eigenvalue weighted by molar-refractivity contribution is 7.98. The molecule has 1 aromatic heterocycles. The van der Waals surface area contributed by atoms with Crippen molar-refractivity contribution in [3.63, 3.8) is 0 Å². The minimum atomic E-state index is -0.269. The van der Waals surface area contributed by atoms with Gasteiger partial charge < -0.3 is 0 Å². The van der Waals surface area contributed by atoms with Crippen LogP contribution in [0.2, 0.25) is 0 Å². The Morgan fingerprint density at radius 3 is 2.56 bits per heavy atom. The van der Waals surface area contributed by atoms with E-state index in [1.54, 1.807) is 30.1 Å².